The number of carbonyl (C=O) groups excluding carboxylic acids is 3. The lowest BCUT2D eigenvalue weighted by atomic mass is 9.80. The van der Waals surface area contributed by atoms with Crippen LogP contribution in [0.1, 0.15) is 53.9 Å². The molecule has 0 spiro atoms. The van der Waals surface area contributed by atoms with Crippen LogP contribution in [0.15, 0.2) is 23.8 Å². The molecular formula is C22H30O8. The van der Waals surface area contributed by atoms with Crippen molar-refractivity contribution < 1.29 is 38.4 Å². The molecule has 30 heavy (non-hydrogen) atoms. The predicted molar refractivity (Wildman–Crippen MR) is 105 cm³/mol. The molecule has 8 heteroatoms. The molecule has 8 nitrogen and oxygen atoms in total. The maximum absolute atomic E-state index is 12.6. The molecule has 0 radical (unpaired) electrons. The molecule has 2 bridgehead atoms. The summed E-state index contributed by atoms with van der Waals surface area (Å²) in [4.78, 5) is 36.6. The van der Waals surface area contributed by atoms with Crippen LogP contribution in [-0.2, 0) is 33.3 Å². The van der Waals surface area contributed by atoms with Crippen LogP contribution in [0.2, 0.25) is 0 Å². The van der Waals surface area contributed by atoms with Gasteiger partial charge in [-0.15, -0.1) is 0 Å². The van der Waals surface area contributed by atoms with E-state index in [0.717, 1.165) is 0 Å². The van der Waals surface area contributed by atoms with Crippen molar-refractivity contribution in [2.45, 2.75) is 83.6 Å². The van der Waals surface area contributed by atoms with Crippen LogP contribution in [-0.4, -0.2) is 52.7 Å². The van der Waals surface area contributed by atoms with E-state index in [9.17, 15) is 19.5 Å². The Hall–Kier alpha value is -2.19. The van der Waals surface area contributed by atoms with Crippen LogP contribution in [0.25, 0.3) is 0 Å². The van der Waals surface area contributed by atoms with E-state index in [0.29, 0.717) is 12.0 Å². The van der Waals surface area contributed by atoms with Crippen LogP contribution in [0.5, 0.6) is 0 Å². The average Bonchev–Trinajstić information content (AvgIpc) is 3.06. The molecule has 0 amide bonds. The van der Waals surface area contributed by atoms with E-state index in [4.69, 9.17) is 18.9 Å². The molecular weight excluding hydrogens is 392 g/mol. The first kappa shape index (κ1) is 22.5. The first-order chi connectivity index (χ1) is 13.9. The van der Waals surface area contributed by atoms with Crippen molar-refractivity contribution in [3.63, 3.8) is 0 Å². The number of rotatable bonds is 4. The average molecular weight is 422 g/mol. The van der Waals surface area contributed by atoms with Crippen molar-refractivity contribution in [2.24, 2.45) is 11.8 Å². The highest BCUT2D eigenvalue weighted by molar-refractivity contribution is 5.91. The van der Waals surface area contributed by atoms with Gasteiger partial charge in [-0.25, -0.2) is 4.79 Å². The molecule has 7 atom stereocenters. The monoisotopic (exact) mass is 422 g/mol. The van der Waals surface area contributed by atoms with Crippen molar-refractivity contribution in [3.05, 3.63) is 23.8 Å². The van der Waals surface area contributed by atoms with Gasteiger partial charge in [0, 0.05) is 25.3 Å². The van der Waals surface area contributed by atoms with Crippen molar-refractivity contribution in [2.75, 3.05) is 0 Å². The minimum atomic E-state index is -1.70. The van der Waals surface area contributed by atoms with Crippen LogP contribution in [0.3, 0.4) is 0 Å². The number of fused-ring (bicyclic) bond motifs is 3. The van der Waals surface area contributed by atoms with Crippen LogP contribution in [0.4, 0.5) is 0 Å². The molecule has 3 heterocycles. The third kappa shape index (κ3) is 3.90. The zero-order valence-corrected chi connectivity index (χ0v) is 18.1. The largest absolute Gasteiger partial charge is 0.461 e. The summed E-state index contributed by atoms with van der Waals surface area (Å²) >= 11 is 0. The lowest BCUT2D eigenvalue weighted by molar-refractivity contribution is -0.212. The number of esters is 3. The second-order valence-electron chi connectivity index (χ2n) is 8.76. The van der Waals surface area contributed by atoms with Gasteiger partial charge in [-0.3, -0.25) is 9.59 Å². The maximum atomic E-state index is 12.6. The molecule has 7 unspecified atom stereocenters. The molecule has 0 saturated carbocycles. The standard InChI is InChI=1S/C22H30O8/c1-7-11(2)19(24)29-16-9-21(6)17(27-14(5)23)10-22(26,30-21)12(3)8-15-18(16)13(4)20(25)28-15/h8,11,15-18,26H,4,7,9-10H2,1-3,5-6H3. The van der Waals surface area contributed by atoms with Gasteiger partial charge in [-0.2, -0.15) is 0 Å². The summed E-state index contributed by atoms with van der Waals surface area (Å²) in [7, 11) is 0. The van der Waals surface area contributed by atoms with Crippen LogP contribution >= 0.6 is 0 Å². The first-order valence-corrected chi connectivity index (χ1v) is 10.3. The summed E-state index contributed by atoms with van der Waals surface area (Å²) in [5.74, 6) is -4.16. The Labute approximate surface area is 176 Å². The lowest BCUT2D eigenvalue weighted by Gasteiger charge is -2.35. The first-order valence-electron chi connectivity index (χ1n) is 10.3. The third-order valence-electron chi connectivity index (χ3n) is 6.43. The van der Waals surface area contributed by atoms with E-state index in [1.165, 1.54) is 6.92 Å². The molecule has 166 valence electrons. The molecule has 1 N–H and O–H groups in total. The summed E-state index contributed by atoms with van der Waals surface area (Å²) in [6, 6.07) is 0. The van der Waals surface area contributed by atoms with Crippen LogP contribution < -0.4 is 0 Å². The van der Waals surface area contributed by atoms with Gasteiger partial charge in [-0.1, -0.05) is 20.4 Å². The topological polar surface area (TPSA) is 108 Å². The normalized spacial score (nSPS) is 39.1. The van der Waals surface area contributed by atoms with Crippen molar-refractivity contribution in [3.8, 4) is 0 Å². The van der Waals surface area contributed by atoms with Gasteiger partial charge in [-0.05, 0) is 31.9 Å². The van der Waals surface area contributed by atoms with Gasteiger partial charge in [0.2, 0.25) is 0 Å². The maximum Gasteiger partial charge on any atom is 0.334 e. The number of hydrogen-bond donors (Lipinski definition) is 1. The Morgan fingerprint density at radius 2 is 2.03 bits per heavy atom. The van der Waals surface area contributed by atoms with E-state index in [1.807, 2.05) is 6.92 Å². The van der Waals surface area contributed by atoms with E-state index in [2.05, 4.69) is 6.58 Å². The molecule has 0 aromatic carbocycles. The second-order valence-corrected chi connectivity index (χ2v) is 8.76. The number of aliphatic hydroxyl groups is 1. The van der Waals surface area contributed by atoms with Gasteiger partial charge >= 0.3 is 17.9 Å². The van der Waals surface area contributed by atoms with E-state index in [-0.39, 0.29) is 24.3 Å². The quantitative estimate of drug-likeness (QED) is 0.318. The predicted octanol–water partition coefficient (Wildman–Crippen LogP) is 2.19. The Morgan fingerprint density at radius 3 is 2.63 bits per heavy atom. The number of ether oxygens (including phenoxy) is 4. The molecule has 0 aliphatic carbocycles. The highest BCUT2D eigenvalue weighted by Crippen LogP contribution is 2.49. The molecule has 0 aromatic rings. The third-order valence-corrected chi connectivity index (χ3v) is 6.43. The minimum absolute atomic E-state index is 0.0176. The summed E-state index contributed by atoms with van der Waals surface area (Å²) in [6.07, 6.45) is -0.0240. The van der Waals surface area contributed by atoms with E-state index < -0.39 is 53.5 Å². The number of carbonyl (C=O) groups is 3. The fraction of sp³-hybridized carbons (Fsp3) is 0.682. The van der Waals surface area contributed by atoms with Gasteiger partial charge < -0.3 is 24.1 Å². The highest BCUT2D eigenvalue weighted by Gasteiger charge is 2.59. The Bertz CT molecular complexity index is 801. The summed E-state index contributed by atoms with van der Waals surface area (Å²) in [6.45, 7) is 12.1. The van der Waals surface area contributed by atoms with Crippen LogP contribution in [0, 0.1) is 11.8 Å². The van der Waals surface area contributed by atoms with Crippen molar-refractivity contribution in [1.29, 1.82) is 0 Å². The highest BCUT2D eigenvalue weighted by atomic mass is 16.7. The van der Waals surface area contributed by atoms with Crippen molar-refractivity contribution in [1.82, 2.24) is 0 Å². The van der Waals surface area contributed by atoms with Gasteiger partial charge in [0.25, 0.3) is 0 Å². The fourth-order valence-electron chi connectivity index (χ4n) is 4.37. The fourth-order valence-corrected chi connectivity index (χ4v) is 4.37. The molecule has 2 fully saturated rings. The Morgan fingerprint density at radius 1 is 1.37 bits per heavy atom. The zero-order valence-electron chi connectivity index (χ0n) is 18.1. The molecule has 2 saturated heterocycles. The summed E-state index contributed by atoms with van der Waals surface area (Å²) in [5.41, 5.74) is -0.533. The van der Waals surface area contributed by atoms with Gasteiger partial charge in [0.1, 0.15) is 23.9 Å². The summed E-state index contributed by atoms with van der Waals surface area (Å²) in [5, 5.41) is 11.2. The van der Waals surface area contributed by atoms with Crippen molar-refractivity contribution >= 4 is 17.9 Å². The molecule has 3 rings (SSSR count). The minimum Gasteiger partial charge on any atom is -0.461 e. The smallest absolute Gasteiger partial charge is 0.334 e. The SMILES string of the molecule is C=C1C(=O)OC2C=C(C)C3(O)CC(OC(C)=O)C(C)(CC(OC(=O)C(C)CC)C12)O3. The lowest BCUT2D eigenvalue weighted by Crippen LogP contribution is -2.46. The zero-order chi connectivity index (χ0) is 22.4. The second kappa shape index (κ2) is 7.81. The Kier molecular flexibility index (Phi) is 5.86. The molecule has 3 aliphatic rings. The number of hydrogen-bond acceptors (Lipinski definition) is 8. The molecule has 3 aliphatic heterocycles. The Balaban J connectivity index is 2.06. The molecule has 0 aromatic heterocycles. The summed E-state index contributed by atoms with van der Waals surface area (Å²) < 4.78 is 22.8. The van der Waals surface area contributed by atoms with E-state index in [1.54, 1.807) is 26.8 Å². The van der Waals surface area contributed by atoms with E-state index >= 15 is 0 Å². The van der Waals surface area contributed by atoms with Gasteiger partial charge in [0.05, 0.1) is 11.8 Å². The van der Waals surface area contributed by atoms with Gasteiger partial charge in [0.15, 0.2) is 5.79 Å².